The zero-order valence-electron chi connectivity index (χ0n) is 13.4. The normalized spacial score (nSPS) is 35.3. The number of hydrogen-bond acceptors (Lipinski definition) is 3. The van der Waals surface area contributed by atoms with Crippen LogP contribution >= 0.6 is 0 Å². The van der Waals surface area contributed by atoms with Crippen molar-refractivity contribution in [2.45, 2.75) is 65.0 Å². The van der Waals surface area contributed by atoms with E-state index >= 15 is 0 Å². The van der Waals surface area contributed by atoms with Crippen LogP contribution in [0.15, 0.2) is 0 Å². The van der Waals surface area contributed by atoms with E-state index in [1.807, 2.05) is 0 Å². The number of carbonyl (C=O) groups excluding carboxylic acids is 1. The fourth-order valence-electron chi connectivity index (χ4n) is 3.90. The van der Waals surface area contributed by atoms with Gasteiger partial charge in [0, 0.05) is 24.5 Å². The maximum Gasteiger partial charge on any atom is 0.241 e. The molecule has 20 heavy (non-hydrogen) atoms. The highest BCUT2D eigenvalue weighted by molar-refractivity contribution is 5.89. The van der Waals surface area contributed by atoms with Crippen molar-refractivity contribution in [2.75, 3.05) is 13.2 Å². The standard InChI is InChI=1S/C16H30N2O2/c1-11(2)7-5-9-18-14(19)16(17)12-8-6-10-20-13(12)15(16,3)4/h11-13H,5-10,17H2,1-4H3,(H,18,19). The first kappa shape index (κ1) is 15.8. The van der Waals surface area contributed by atoms with Gasteiger partial charge in [0.2, 0.25) is 5.91 Å². The molecule has 0 aromatic heterocycles. The van der Waals surface area contributed by atoms with E-state index in [9.17, 15) is 4.79 Å². The third-order valence-electron chi connectivity index (χ3n) is 5.30. The summed E-state index contributed by atoms with van der Waals surface area (Å²) >= 11 is 0. The minimum atomic E-state index is -0.768. The molecule has 4 nitrogen and oxygen atoms in total. The molecule has 1 saturated heterocycles. The largest absolute Gasteiger partial charge is 0.377 e. The van der Waals surface area contributed by atoms with Crippen molar-refractivity contribution in [3.8, 4) is 0 Å². The monoisotopic (exact) mass is 282 g/mol. The SMILES string of the molecule is CC(C)CCCNC(=O)C1(N)C2CCCOC2C1(C)C. The topological polar surface area (TPSA) is 64.4 Å². The minimum absolute atomic E-state index is 0.0120. The van der Waals surface area contributed by atoms with Crippen molar-refractivity contribution in [3.05, 3.63) is 0 Å². The Hall–Kier alpha value is -0.610. The fourth-order valence-corrected chi connectivity index (χ4v) is 3.90. The molecule has 1 aliphatic carbocycles. The van der Waals surface area contributed by atoms with E-state index in [-0.39, 0.29) is 23.3 Å². The van der Waals surface area contributed by atoms with Crippen molar-refractivity contribution < 1.29 is 9.53 Å². The zero-order chi connectivity index (χ0) is 15.0. The first-order valence-corrected chi connectivity index (χ1v) is 8.00. The highest BCUT2D eigenvalue weighted by Crippen LogP contribution is 2.57. The van der Waals surface area contributed by atoms with Crippen LogP contribution < -0.4 is 11.1 Å². The summed E-state index contributed by atoms with van der Waals surface area (Å²) in [5.41, 5.74) is 5.48. The van der Waals surface area contributed by atoms with Gasteiger partial charge in [0.05, 0.1) is 6.10 Å². The summed E-state index contributed by atoms with van der Waals surface area (Å²) < 4.78 is 5.83. The average molecular weight is 282 g/mol. The van der Waals surface area contributed by atoms with Crippen LogP contribution in [0.1, 0.15) is 53.4 Å². The number of nitrogens with two attached hydrogens (primary N) is 1. The smallest absolute Gasteiger partial charge is 0.241 e. The summed E-state index contributed by atoms with van der Waals surface area (Å²) in [5.74, 6) is 0.865. The zero-order valence-corrected chi connectivity index (χ0v) is 13.4. The number of fused-ring (bicyclic) bond motifs is 1. The Morgan fingerprint density at radius 2 is 2.15 bits per heavy atom. The molecule has 1 saturated carbocycles. The number of hydrogen-bond donors (Lipinski definition) is 2. The molecule has 3 atom stereocenters. The van der Waals surface area contributed by atoms with Gasteiger partial charge in [-0.15, -0.1) is 0 Å². The van der Waals surface area contributed by atoms with Gasteiger partial charge in [-0.05, 0) is 31.6 Å². The number of carbonyl (C=O) groups is 1. The summed E-state index contributed by atoms with van der Waals surface area (Å²) in [6, 6.07) is 0. The summed E-state index contributed by atoms with van der Waals surface area (Å²) in [6.45, 7) is 10.1. The molecule has 0 aromatic carbocycles. The molecule has 1 heterocycles. The van der Waals surface area contributed by atoms with Crippen molar-refractivity contribution >= 4 is 5.91 Å². The van der Waals surface area contributed by atoms with Gasteiger partial charge in [0.1, 0.15) is 5.54 Å². The lowest BCUT2D eigenvalue weighted by Crippen LogP contribution is -2.82. The Kier molecular flexibility index (Phi) is 4.45. The second kappa shape index (κ2) is 5.64. The molecule has 1 amide bonds. The number of ether oxygens (including phenoxy) is 1. The van der Waals surface area contributed by atoms with Gasteiger partial charge in [0.15, 0.2) is 0 Å². The molecule has 4 heteroatoms. The van der Waals surface area contributed by atoms with Gasteiger partial charge >= 0.3 is 0 Å². The van der Waals surface area contributed by atoms with E-state index in [4.69, 9.17) is 10.5 Å². The number of rotatable bonds is 5. The Morgan fingerprint density at radius 3 is 2.80 bits per heavy atom. The third-order valence-corrected chi connectivity index (χ3v) is 5.30. The molecule has 116 valence electrons. The first-order chi connectivity index (χ1) is 9.31. The van der Waals surface area contributed by atoms with Gasteiger partial charge in [-0.3, -0.25) is 4.79 Å². The molecule has 0 aromatic rings. The molecule has 2 rings (SSSR count). The van der Waals surface area contributed by atoms with Crippen LogP contribution in [0.4, 0.5) is 0 Å². The molecule has 2 aliphatic rings. The van der Waals surface area contributed by atoms with Crippen molar-refractivity contribution in [2.24, 2.45) is 23.0 Å². The third kappa shape index (κ3) is 2.37. The predicted molar refractivity (Wildman–Crippen MR) is 80.2 cm³/mol. The Morgan fingerprint density at radius 1 is 1.45 bits per heavy atom. The lowest BCUT2D eigenvalue weighted by Gasteiger charge is -2.65. The van der Waals surface area contributed by atoms with Gasteiger partial charge < -0.3 is 15.8 Å². The second-order valence-corrected chi connectivity index (χ2v) is 7.42. The molecule has 0 bridgehead atoms. The van der Waals surface area contributed by atoms with Crippen LogP contribution in [0, 0.1) is 17.3 Å². The molecule has 3 unspecified atom stereocenters. The summed E-state index contributed by atoms with van der Waals surface area (Å²) in [6.07, 6.45) is 4.31. The molecule has 1 aliphatic heterocycles. The van der Waals surface area contributed by atoms with E-state index in [2.05, 4.69) is 33.0 Å². The lowest BCUT2D eigenvalue weighted by atomic mass is 9.46. The number of amides is 1. The van der Waals surface area contributed by atoms with Crippen LogP contribution in [0.25, 0.3) is 0 Å². The first-order valence-electron chi connectivity index (χ1n) is 8.00. The molecule has 2 fully saturated rings. The van der Waals surface area contributed by atoms with Crippen LogP contribution in [0.5, 0.6) is 0 Å². The highest BCUT2D eigenvalue weighted by Gasteiger charge is 2.70. The highest BCUT2D eigenvalue weighted by atomic mass is 16.5. The van der Waals surface area contributed by atoms with E-state index in [1.165, 1.54) is 0 Å². The van der Waals surface area contributed by atoms with Gasteiger partial charge in [-0.2, -0.15) is 0 Å². The lowest BCUT2D eigenvalue weighted by molar-refractivity contribution is -0.225. The van der Waals surface area contributed by atoms with Crippen LogP contribution in [0.3, 0.4) is 0 Å². The maximum absolute atomic E-state index is 12.6. The summed E-state index contributed by atoms with van der Waals surface area (Å²) in [7, 11) is 0. The quantitative estimate of drug-likeness (QED) is 0.759. The van der Waals surface area contributed by atoms with Crippen molar-refractivity contribution in [3.63, 3.8) is 0 Å². The minimum Gasteiger partial charge on any atom is -0.377 e. The van der Waals surface area contributed by atoms with E-state index in [0.29, 0.717) is 5.92 Å². The Bertz CT molecular complexity index is 367. The number of nitrogens with one attached hydrogen (secondary N) is 1. The summed E-state index contributed by atoms with van der Waals surface area (Å²) in [4.78, 5) is 12.6. The van der Waals surface area contributed by atoms with Crippen molar-refractivity contribution in [1.82, 2.24) is 5.32 Å². The summed E-state index contributed by atoms with van der Waals surface area (Å²) in [5, 5.41) is 3.05. The average Bonchev–Trinajstić information content (AvgIpc) is 2.42. The van der Waals surface area contributed by atoms with E-state index in [0.717, 1.165) is 38.8 Å². The van der Waals surface area contributed by atoms with Gasteiger partial charge in [-0.1, -0.05) is 27.7 Å². The van der Waals surface area contributed by atoms with E-state index < -0.39 is 5.54 Å². The molecular formula is C16H30N2O2. The van der Waals surface area contributed by atoms with Crippen molar-refractivity contribution in [1.29, 1.82) is 0 Å². The fraction of sp³-hybridized carbons (Fsp3) is 0.938. The second-order valence-electron chi connectivity index (χ2n) is 7.42. The van der Waals surface area contributed by atoms with Crippen LogP contribution in [-0.2, 0) is 9.53 Å². The molecular weight excluding hydrogens is 252 g/mol. The van der Waals surface area contributed by atoms with Crippen LogP contribution in [-0.4, -0.2) is 30.7 Å². The Balaban J connectivity index is 1.93. The van der Waals surface area contributed by atoms with Crippen LogP contribution in [0.2, 0.25) is 0 Å². The van der Waals surface area contributed by atoms with E-state index in [1.54, 1.807) is 0 Å². The van der Waals surface area contributed by atoms with Gasteiger partial charge in [-0.25, -0.2) is 0 Å². The molecule has 3 N–H and O–H groups in total. The predicted octanol–water partition coefficient (Wildman–Crippen LogP) is 2.07. The maximum atomic E-state index is 12.6. The molecule has 0 spiro atoms. The molecule has 0 radical (unpaired) electrons. The van der Waals surface area contributed by atoms with Gasteiger partial charge in [0.25, 0.3) is 0 Å². The Labute approximate surface area is 122 Å².